The van der Waals surface area contributed by atoms with Crippen LogP contribution >= 0.6 is 0 Å². The van der Waals surface area contributed by atoms with Crippen LogP contribution in [0.25, 0.3) is 0 Å². The van der Waals surface area contributed by atoms with Crippen LogP contribution in [0.5, 0.6) is 0 Å². The Morgan fingerprint density at radius 3 is 1.91 bits per heavy atom. The summed E-state index contributed by atoms with van der Waals surface area (Å²) in [4.78, 5) is 0. The van der Waals surface area contributed by atoms with Gasteiger partial charge in [0.25, 0.3) is 0 Å². The van der Waals surface area contributed by atoms with Gasteiger partial charge in [0.15, 0.2) is 0 Å². The van der Waals surface area contributed by atoms with Gasteiger partial charge in [0.05, 0.1) is 6.10 Å². The maximum atomic E-state index is 14.8. The van der Waals surface area contributed by atoms with E-state index in [-0.39, 0.29) is 11.8 Å². The average molecular weight is 314 g/mol. The highest BCUT2D eigenvalue weighted by Crippen LogP contribution is 2.46. The predicted octanol–water partition coefficient (Wildman–Crippen LogP) is 5.07. The Morgan fingerprint density at radius 2 is 1.27 bits per heavy atom. The molecule has 1 N–H and O–H groups in total. The van der Waals surface area contributed by atoms with Crippen LogP contribution in [0.4, 0.5) is 8.78 Å². The molecule has 0 aromatic carbocycles. The molecular formula is C19H32F2O. The van der Waals surface area contributed by atoms with Gasteiger partial charge in [0, 0.05) is 0 Å². The van der Waals surface area contributed by atoms with Gasteiger partial charge in [-0.2, -0.15) is 0 Å². The number of aliphatic hydroxyl groups is 1. The van der Waals surface area contributed by atoms with Crippen LogP contribution in [0, 0.1) is 29.6 Å². The van der Waals surface area contributed by atoms with Crippen molar-refractivity contribution in [2.45, 2.75) is 89.6 Å². The normalized spacial score (nSPS) is 50.7. The molecule has 0 bridgehead atoms. The van der Waals surface area contributed by atoms with Gasteiger partial charge in [-0.1, -0.05) is 19.8 Å². The smallest absolute Gasteiger partial charge is 0.126 e. The first-order chi connectivity index (χ1) is 10.5. The fraction of sp³-hybridized carbons (Fsp3) is 1.00. The third kappa shape index (κ3) is 3.66. The highest BCUT2D eigenvalue weighted by molar-refractivity contribution is 4.91. The van der Waals surface area contributed by atoms with Gasteiger partial charge >= 0.3 is 0 Å². The van der Waals surface area contributed by atoms with Crippen molar-refractivity contribution in [3.63, 3.8) is 0 Å². The SMILES string of the molecule is CC1CCC(C2CCC(C3CCC(O)C(F)C3)C(F)C2)CC1. The van der Waals surface area contributed by atoms with Crippen molar-refractivity contribution in [3.8, 4) is 0 Å². The van der Waals surface area contributed by atoms with Gasteiger partial charge in [-0.25, -0.2) is 8.78 Å². The zero-order valence-electron chi connectivity index (χ0n) is 13.9. The van der Waals surface area contributed by atoms with Crippen LogP contribution in [0.15, 0.2) is 0 Å². The van der Waals surface area contributed by atoms with E-state index in [9.17, 15) is 13.9 Å². The molecular weight excluding hydrogens is 282 g/mol. The van der Waals surface area contributed by atoms with Crippen molar-refractivity contribution >= 4 is 0 Å². The molecule has 3 rings (SSSR count). The molecule has 0 amide bonds. The summed E-state index contributed by atoms with van der Waals surface area (Å²) >= 11 is 0. The Kier molecular flexibility index (Phi) is 5.42. The van der Waals surface area contributed by atoms with E-state index < -0.39 is 18.4 Å². The zero-order valence-corrected chi connectivity index (χ0v) is 13.9. The number of alkyl halides is 2. The lowest BCUT2D eigenvalue weighted by molar-refractivity contribution is -0.0185. The molecule has 0 aromatic rings. The van der Waals surface area contributed by atoms with Crippen LogP contribution in [0.3, 0.4) is 0 Å². The van der Waals surface area contributed by atoms with Crippen LogP contribution < -0.4 is 0 Å². The number of rotatable bonds is 2. The van der Waals surface area contributed by atoms with E-state index >= 15 is 0 Å². The molecule has 0 aliphatic heterocycles. The Labute approximate surface area is 133 Å². The van der Waals surface area contributed by atoms with E-state index in [1.54, 1.807) is 0 Å². The lowest BCUT2D eigenvalue weighted by Crippen LogP contribution is -2.40. The molecule has 6 atom stereocenters. The standard InChI is InChI=1S/C19H32F2O/c1-12-2-4-13(5-3-12)14-6-8-16(17(20)10-14)15-7-9-19(22)18(21)11-15/h12-19,22H,2-11H2,1H3. The summed E-state index contributed by atoms with van der Waals surface area (Å²) in [6.07, 6.45) is 6.97. The molecule has 22 heavy (non-hydrogen) atoms. The summed E-state index contributed by atoms with van der Waals surface area (Å²) in [6, 6.07) is 0. The van der Waals surface area contributed by atoms with Crippen molar-refractivity contribution in [1.29, 1.82) is 0 Å². The molecule has 3 heteroatoms. The number of halogens is 2. The van der Waals surface area contributed by atoms with E-state index in [1.807, 2.05) is 0 Å². The molecule has 3 aliphatic carbocycles. The number of hydrogen-bond acceptors (Lipinski definition) is 1. The monoisotopic (exact) mass is 314 g/mol. The fourth-order valence-electron chi connectivity index (χ4n) is 5.40. The molecule has 0 spiro atoms. The third-order valence-electron chi connectivity index (χ3n) is 6.97. The largest absolute Gasteiger partial charge is 0.390 e. The molecule has 128 valence electrons. The summed E-state index contributed by atoms with van der Waals surface area (Å²) in [5, 5.41) is 9.52. The minimum absolute atomic E-state index is 0.0458. The van der Waals surface area contributed by atoms with Gasteiger partial charge in [0.1, 0.15) is 12.3 Å². The minimum Gasteiger partial charge on any atom is -0.390 e. The van der Waals surface area contributed by atoms with Gasteiger partial charge in [-0.05, 0) is 81.0 Å². The minimum atomic E-state index is -1.14. The lowest BCUT2D eigenvalue weighted by atomic mass is 9.65. The first-order valence-corrected chi connectivity index (χ1v) is 9.50. The van der Waals surface area contributed by atoms with E-state index in [0.29, 0.717) is 25.2 Å². The van der Waals surface area contributed by atoms with Crippen LogP contribution in [-0.2, 0) is 0 Å². The second kappa shape index (κ2) is 7.15. The number of hydrogen-bond donors (Lipinski definition) is 1. The van der Waals surface area contributed by atoms with Crippen LogP contribution in [0.2, 0.25) is 0 Å². The second-order valence-electron chi connectivity index (χ2n) is 8.43. The van der Waals surface area contributed by atoms with Crippen molar-refractivity contribution in [3.05, 3.63) is 0 Å². The third-order valence-corrected chi connectivity index (χ3v) is 6.97. The highest BCUT2D eigenvalue weighted by atomic mass is 19.1. The van der Waals surface area contributed by atoms with Gasteiger partial charge in [-0.15, -0.1) is 0 Å². The van der Waals surface area contributed by atoms with Gasteiger partial charge in [-0.3, -0.25) is 0 Å². The van der Waals surface area contributed by atoms with Gasteiger partial charge < -0.3 is 5.11 Å². The first-order valence-electron chi connectivity index (χ1n) is 9.50. The van der Waals surface area contributed by atoms with E-state index in [1.165, 1.54) is 25.7 Å². The molecule has 0 aromatic heterocycles. The summed E-state index contributed by atoms with van der Waals surface area (Å²) in [6.45, 7) is 2.33. The number of aliphatic hydroxyl groups excluding tert-OH is 1. The quantitative estimate of drug-likeness (QED) is 0.755. The Balaban J connectivity index is 1.52. The summed E-state index contributed by atoms with van der Waals surface area (Å²) < 4.78 is 28.5. The molecule has 1 nitrogen and oxygen atoms in total. The van der Waals surface area contributed by atoms with E-state index in [2.05, 4.69) is 6.92 Å². The first kappa shape index (κ1) is 16.7. The highest BCUT2D eigenvalue weighted by Gasteiger charge is 2.41. The predicted molar refractivity (Wildman–Crippen MR) is 85.1 cm³/mol. The Bertz CT molecular complexity index is 353. The average Bonchev–Trinajstić information content (AvgIpc) is 2.51. The summed E-state index contributed by atoms with van der Waals surface area (Å²) in [5.41, 5.74) is 0. The fourth-order valence-corrected chi connectivity index (χ4v) is 5.40. The Hall–Kier alpha value is -0.180. The van der Waals surface area contributed by atoms with Gasteiger partial charge in [0.2, 0.25) is 0 Å². The molecule has 0 heterocycles. The lowest BCUT2D eigenvalue weighted by Gasteiger charge is -2.43. The summed E-state index contributed by atoms with van der Waals surface area (Å²) in [7, 11) is 0. The summed E-state index contributed by atoms with van der Waals surface area (Å²) in [5.74, 6) is 2.35. The van der Waals surface area contributed by atoms with Crippen molar-refractivity contribution in [2.24, 2.45) is 29.6 Å². The molecule has 3 aliphatic rings. The van der Waals surface area contributed by atoms with Crippen molar-refractivity contribution < 1.29 is 13.9 Å². The topological polar surface area (TPSA) is 20.2 Å². The maximum Gasteiger partial charge on any atom is 0.126 e. The zero-order chi connectivity index (χ0) is 15.7. The van der Waals surface area contributed by atoms with Crippen molar-refractivity contribution in [2.75, 3.05) is 0 Å². The second-order valence-corrected chi connectivity index (χ2v) is 8.43. The molecule has 6 unspecified atom stereocenters. The van der Waals surface area contributed by atoms with Crippen LogP contribution in [-0.4, -0.2) is 23.6 Å². The van der Waals surface area contributed by atoms with Crippen molar-refractivity contribution in [1.82, 2.24) is 0 Å². The van der Waals surface area contributed by atoms with E-state index in [0.717, 1.165) is 31.1 Å². The Morgan fingerprint density at radius 1 is 0.682 bits per heavy atom. The van der Waals surface area contributed by atoms with Crippen LogP contribution in [0.1, 0.15) is 71.1 Å². The van der Waals surface area contributed by atoms with E-state index in [4.69, 9.17) is 0 Å². The molecule has 0 radical (unpaired) electrons. The maximum absolute atomic E-state index is 14.8. The molecule has 3 saturated carbocycles. The molecule has 0 saturated heterocycles. The molecule has 3 fully saturated rings.